The summed E-state index contributed by atoms with van der Waals surface area (Å²) < 4.78 is 13.2. The Morgan fingerprint density at radius 1 is 1.19 bits per heavy atom. The predicted octanol–water partition coefficient (Wildman–Crippen LogP) is 1.50. The van der Waals surface area contributed by atoms with Crippen molar-refractivity contribution in [3.63, 3.8) is 0 Å². The van der Waals surface area contributed by atoms with Crippen LogP contribution in [-0.4, -0.2) is 57.9 Å². The third-order valence-corrected chi connectivity index (χ3v) is 5.02. The van der Waals surface area contributed by atoms with Crippen LogP contribution in [0.5, 0.6) is 11.5 Å². The zero-order valence-corrected chi connectivity index (χ0v) is 15.0. The molecule has 2 aliphatic rings. The fraction of sp³-hybridized carbons (Fsp3) is 0.579. The van der Waals surface area contributed by atoms with E-state index in [1.807, 2.05) is 16.9 Å². The van der Waals surface area contributed by atoms with Gasteiger partial charge in [-0.05, 0) is 43.0 Å². The Kier molecular flexibility index (Phi) is 5.36. The quantitative estimate of drug-likeness (QED) is 0.844. The van der Waals surface area contributed by atoms with Crippen LogP contribution in [0.2, 0.25) is 0 Å². The summed E-state index contributed by atoms with van der Waals surface area (Å²) in [6.45, 7) is 5.37. The van der Waals surface area contributed by atoms with Crippen LogP contribution in [0.15, 0.2) is 24.4 Å². The summed E-state index contributed by atoms with van der Waals surface area (Å²) in [5, 5.41) is 17.3. The van der Waals surface area contributed by atoms with Crippen LogP contribution in [0.25, 0.3) is 0 Å². The lowest BCUT2D eigenvalue weighted by molar-refractivity contribution is 0.151. The van der Waals surface area contributed by atoms with Crippen molar-refractivity contribution >= 4 is 0 Å². The Labute approximate surface area is 153 Å². The number of likely N-dealkylation sites (tertiary alicyclic amines) is 1. The molecule has 1 unspecified atom stereocenters. The number of rotatable bonds is 6. The van der Waals surface area contributed by atoms with Crippen molar-refractivity contribution in [2.75, 3.05) is 32.9 Å². The zero-order chi connectivity index (χ0) is 17.8. The van der Waals surface area contributed by atoms with E-state index >= 15 is 0 Å². The molecule has 0 radical (unpaired) electrons. The Bertz CT molecular complexity index is 733. The first-order chi connectivity index (χ1) is 12.8. The second-order valence-electron chi connectivity index (χ2n) is 7.13. The van der Waals surface area contributed by atoms with E-state index < -0.39 is 0 Å². The Balaban J connectivity index is 1.34. The van der Waals surface area contributed by atoms with Gasteiger partial charge in [0.15, 0.2) is 11.5 Å². The second kappa shape index (κ2) is 8.05. The molecule has 0 saturated carbocycles. The molecule has 3 heterocycles. The van der Waals surface area contributed by atoms with E-state index in [-0.39, 0.29) is 6.61 Å². The number of hydrogen-bond acceptors (Lipinski definition) is 6. The highest BCUT2D eigenvalue weighted by Crippen LogP contribution is 2.31. The van der Waals surface area contributed by atoms with Crippen LogP contribution in [0.4, 0.5) is 0 Å². The molecule has 1 atom stereocenters. The van der Waals surface area contributed by atoms with Crippen molar-refractivity contribution in [3.05, 3.63) is 35.7 Å². The van der Waals surface area contributed by atoms with Gasteiger partial charge in [-0.2, -0.15) is 0 Å². The maximum Gasteiger partial charge on any atom is 0.161 e. The molecular formula is C19H26N4O3. The number of benzene rings is 1. The lowest BCUT2D eigenvalue weighted by Gasteiger charge is -2.32. The van der Waals surface area contributed by atoms with Gasteiger partial charge in [0, 0.05) is 38.9 Å². The van der Waals surface area contributed by atoms with Crippen LogP contribution < -0.4 is 9.47 Å². The summed E-state index contributed by atoms with van der Waals surface area (Å²) in [6, 6.07) is 6.26. The van der Waals surface area contributed by atoms with E-state index in [1.165, 1.54) is 18.4 Å². The summed E-state index contributed by atoms with van der Waals surface area (Å²) in [7, 11) is 0. The first-order valence-corrected chi connectivity index (χ1v) is 9.41. The minimum Gasteiger partial charge on any atom is -0.486 e. The molecule has 0 bridgehead atoms. The van der Waals surface area contributed by atoms with Crippen molar-refractivity contribution in [2.45, 2.75) is 32.4 Å². The van der Waals surface area contributed by atoms with Gasteiger partial charge >= 0.3 is 0 Å². The smallest absolute Gasteiger partial charge is 0.161 e. The second-order valence-corrected chi connectivity index (χ2v) is 7.13. The standard InChI is InChI=1S/C19H26N4O3/c24-7-5-17-14-23(21-20-17)13-16-2-1-6-22(12-16)11-15-3-4-18-19(10-15)26-9-8-25-18/h3-4,10,14,16,24H,1-2,5-9,11-13H2. The van der Waals surface area contributed by atoms with E-state index in [4.69, 9.17) is 14.6 Å². The van der Waals surface area contributed by atoms with E-state index in [0.29, 0.717) is 25.6 Å². The molecule has 4 rings (SSSR count). The monoisotopic (exact) mass is 358 g/mol. The summed E-state index contributed by atoms with van der Waals surface area (Å²) in [4.78, 5) is 2.51. The van der Waals surface area contributed by atoms with E-state index in [9.17, 15) is 0 Å². The van der Waals surface area contributed by atoms with Crippen molar-refractivity contribution in [1.82, 2.24) is 19.9 Å². The number of hydrogen-bond donors (Lipinski definition) is 1. The summed E-state index contributed by atoms with van der Waals surface area (Å²) in [5.41, 5.74) is 2.12. The maximum absolute atomic E-state index is 9.00. The summed E-state index contributed by atoms with van der Waals surface area (Å²) in [6.07, 6.45) is 4.94. The van der Waals surface area contributed by atoms with Gasteiger partial charge in [-0.3, -0.25) is 9.58 Å². The van der Waals surface area contributed by atoms with Crippen molar-refractivity contribution in [2.24, 2.45) is 5.92 Å². The van der Waals surface area contributed by atoms with Crippen LogP contribution >= 0.6 is 0 Å². The van der Waals surface area contributed by atoms with Crippen molar-refractivity contribution < 1.29 is 14.6 Å². The van der Waals surface area contributed by atoms with E-state index in [1.54, 1.807) is 0 Å². The lowest BCUT2D eigenvalue weighted by Crippen LogP contribution is -2.36. The highest BCUT2D eigenvalue weighted by Gasteiger charge is 2.21. The summed E-state index contributed by atoms with van der Waals surface area (Å²) in [5.74, 6) is 2.28. The number of aliphatic hydroxyl groups excluding tert-OH is 1. The Morgan fingerprint density at radius 3 is 2.96 bits per heavy atom. The molecule has 1 aromatic carbocycles. The van der Waals surface area contributed by atoms with Gasteiger partial charge in [0.2, 0.25) is 0 Å². The van der Waals surface area contributed by atoms with Crippen LogP contribution in [0.3, 0.4) is 0 Å². The predicted molar refractivity (Wildman–Crippen MR) is 96.2 cm³/mol. The van der Waals surface area contributed by atoms with Gasteiger partial charge in [0.25, 0.3) is 0 Å². The molecule has 1 fully saturated rings. The van der Waals surface area contributed by atoms with Gasteiger partial charge in [0.1, 0.15) is 13.2 Å². The number of aliphatic hydroxyl groups is 1. The van der Waals surface area contributed by atoms with Gasteiger partial charge in [-0.25, -0.2) is 0 Å². The molecule has 0 spiro atoms. The fourth-order valence-electron chi connectivity index (χ4n) is 3.81. The van der Waals surface area contributed by atoms with Crippen LogP contribution in [-0.2, 0) is 19.5 Å². The largest absolute Gasteiger partial charge is 0.486 e. The van der Waals surface area contributed by atoms with Crippen molar-refractivity contribution in [1.29, 1.82) is 0 Å². The number of nitrogens with zero attached hydrogens (tertiary/aromatic N) is 4. The highest BCUT2D eigenvalue weighted by molar-refractivity contribution is 5.43. The molecule has 26 heavy (non-hydrogen) atoms. The average Bonchev–Trinajstić information content (AvgIpc) is 3.09. The fourth-order valence-corrected chi connectivity index (χ4v) is 3.81. The molecule has 1 aromatic heterocycles. The first kappa shape index (κ1) is 17.3. The van der Waals surface area contributed by atoms with E-state index in [2.05, 4.69) is 27.3 Å². The van der Waals surface area contributed by atoms with Crippen LogP contribution in [0, 0.1) is 5.92 Å². The van der Waals surface area contributed by atoms with Crippen LogP contribution in [0.1, 0.15) is 24.1 Å². The molecule has 2 aliphatic heterocycles. The first-order valence-electron chi connectivity index (χ1n) is 9.41. The van der Waals surface area contributed by atoms with E-state index in [0.717, 1.165) is 43.4 Å². The molecule has 1 saturated heterocycles. The average molecular weight is 358 g/mol. The number of ether oxygens (including phenoxy) is 2. The topological polar surface area (TPSA) is 72.6 Å². The SMILES string of the molecule is OCCc1cn(CC2CCCN(Cc3ccc4c(c3)OCCO4)C2)nn1. The number of piperidine rings is 1. The molecular weight excluding hydrogens is 332 g/mol. The normalized spacial score (nSPS) is 20.3. The summed E-state index contributed by atoms with van der Waals surface area (Å²) >= 11 is 0. The molecule has 7 heteroatoms. The molecule has 7 nitrogen and oxygen atoms in total. The Hall–Kier alpha value is -2.12. The molecule has 1 N–H and O–H groups in total. The van der Waals surface area contributed by atoms with Gasteiger partial charge in [-0.1, -0.05) is 11.3 Å². The molecule has 140 valence electrons. The molecule has 0 aliphatic carbocycles. The van der Waals surface area contributed by atoms with Gasteiger partial charge in [0.05, 0.1) is 5.69 Å². The Morgan fingerprint density at radius 2 is 2.08 bits per heavy atom. The van der Waals surface area contributed by atoms with Gasteiger partial charge in [-0.15, -0.1) is 5.10 Å². The maximum atomic E-state index is 9.00. The zero-order valence-electron chi connectivity index (χ0n) is 15.0. The van der Waals surface area contributed by atoms with Crippen molar-refractivity contribution in [3.8, 4) is 11.5 Å². The minimum atomic E-state index is 0.117. The highest BCUT2D eigenvalue weighted by atomic mass is 16.6. The number of aromatic nitrogens is 3. The lowest BCUT2D eigenvalue weighted by atomic mass is 9.97. The third-order valence-electron chi connectivity index (χ3n) is 5.02. The minimum absolute atomic E-state index is 0.117. The molecule has 2 aromatic rings. The third kappa shape index (κ3) is 4.16. The number of fused-ring (bicyclic) bond motifs is 1. The van der Waals surface area contributed by atoms with Gasteiger partial charge < -0.3 is 14.6 Å². The molecule has 0 amide bonds.